The van der Waals surface area contributed by atoms with Crippen molar-refractivity contribution < 1.29 is 30.2 Å². The molecule has 0 radical (unpaired) electrons. The number of hydrogen-bond donors (Lipinski definition) is 0. The quantitative estimate of drug-likeness (QED) is 0.165. The molecule has 1 aromatic heterocycles. The van der Waals surface area contributed by atoms with Crippen LogP contribution in [0, 0.1) is 0 Å². The molecule has 0 unspecified atom stereocenters. The van der Waals surface area contributed by atoms with Crippen molar-refractivity contribution in [2.45, 2.75) is 0 Å². The molecule has 0 saturated heterocycles. The Morgan fingerprint density at radius 3 is 1.60 bits per heavy atom. The first-order chi connectivity index (χ1) is 34.0. The molecule has 0 aliphatic carbocycles. The van der Waals surface area contributed by atoms with Crippen LogP contribution in [0.1, 0.15) is 30.2 Å². The van der Waals surface area contributed by atoms with E-state index in [1.807, 2.05) is 59.2 Å². The topological polar surface area (TPSA) is 8.17 Å². The minimum absolute atomic E-state index is 0.207. The van der Waals surface area contributed by atoms with Gasteiger partial charge in [0.05, 0.1) is 41.2 Å². The van der Waals surface area contributed by atoms with Crippen molar-refractivity contribution in [3.63, 3.8) is 0 Å². The minimum atomic E-state index is -1.12. The van der Waals surface area contributed by atoms with E-state index in [1.54, 1.807) is 18.2 Å². The Morgan fingerprint density at radius 2 is 0.920 bits per heavy atom. The fourth-order valence-corrected chi connectivity index (χ4v) is 5.74. The summed E-state index contributed by atoms with van der Waals surface area (Å²) >= 11 is 0. The van der Waals surface area contributed by atoms with Crippen LogP contribution in [0.5, 0.6) is 0 Å². The van der Waals surface area contributed by atoms with Gasteiger partial charge in [-0.15, -0.1) is 0 Å². The van der Waals surface area contributed by atoms with Crippen LogP contribution in [0.15, 0.2) is 206 Å². The van der Waals surface area contributed by atoms with Crippen LogP contribution in [0.3, 0.4) is 0 Å². The molecule has 0 aliphatic rings. The third-order valence-electron chi connectivity index (χ3n) is 7.98. The average molecular weight is 661 g/mol. The van der Waals surface area contributed by atoms with E-state index in [0.717, 1.165) is 22.1 Å². The van der Waals surface area contributed by atoms with E-state index in [2.05, 4.69) is 0 Å². The number of anilines is 3. The molecule has 9 rings (SSSR count). The maximum atomic E-state index is 9.62. The molecule has 1 heterocycles. The molecule has 50 heavy (non-hydrogen) atoms. The predicted molar refractivity (Wildman–Crippen MR) is 212 cm³/mol. The van der Waals surface area contributed by atoms with Crippen molar-refractivity contribution in [3.8, 4) is 39.1 Å². The lowest BCUT2D eigenvalue weighted by Gasteiger charge is -2.26. The molecule has 2 heteroatoms. The van der Waals surface area contributed by atoms with Crippen molar-refractivity contribution >= 4 is 38.9 Å². The third kappa shape index (κ3) is 5.43. The number of nitrogens with zero attached hydrogens (tertiary/aromatic N) is 2. The highest BCUT2D eigenvalue weighted by atomic mass is 15.1. The van der Waals surface area contributed by atoms with Crippen LogP contribution in [-0.2, 0) is 0 Å². The van der Waals surface area contributed by atoms with Crippen LogP contribution < -0.4 is 4.90 Å². The molecule has 0 fully saturated rings. The first-order valence-electron chi connectivity index (χ1n) is 26.3. The summed E-state index contributed by atoms with van der Waals surface area (Å²) in [4.78, 5) is 0.495. The van der Waals surface area contributed by atoms with E-state index in [4.69, 9.17) is 16.4 Å². The average Bonchev–Trinajstić information content (AvgIpc) is 3.70. The first kappa shape index (κ1) is 14.5. The van der Waals surface area contributed by atoms with Crippen LogP contribution in [0.25, 0.3) is 60.9 Å². The zero-order valence-corrected chi connectivity index (χ0v) is 25.8. The van der Waals surface area contributed by atoms with Gasteiger partial charge in [-0.05, 0) is 100.0 Å². The Kier molecular flexibility index (Phi) is 3.69. The van der Waals surface area contributed by atoms with Crippen LogP contribution in [0.2, 0.25) is 0 Å². The molecule has 0 N–H and O–H groups in total. The zero-order valence-electron chi connectivity index (χ0n) is 47.8. The normalized spacial score (nSPS) is 17.4. The highest BCUT2D eigenvalue weighted by molar-refractivity contribution is 6.10. The van der Waals surface area contributed by atoms with Gasteiger partial charge in [0.2, 0.25) is 0 Å². The summed E-state index contributed by atoms with van der Waals surface area (Å²) < 4.78 is 198. The van der Waals surface area contributed by atoms with E-state index in [9.17, 15) is 13.7 Å². The smallest absolute Gasteiger partial charge is 0.0651 e. The SMILES string of the molecule is [2H]c1c([2H])c([2H])c(-c2c([2H])c([2H])c(N(c3c([2H])c([2H])c(-c4ccc5c(c4)c4ccccc4n5-c4ccccc4)c([2H])c3[2H])c3c([2H])c([2H])c([2H])c(-c4c([2H])c([2H])c([2H])c([2H])c4[2H])c3[2H])c([2H])c2[2H])c([2H])c1[2H]. The number of fused-ring (bicyclic) bond motifs is 3. The molecule has 0 spiro atoms. The molecule has 0 atom stereocenters. The fraction of sp³-hybridized carbons (Fsp3) is 0. The predicted octanol–water partition coefficient (Wildman–Crippen LogP) is 13.3. The molecule has 0 aliphatic heterocycles. The van der Waals surface area contributed by atoms with E-state index >= 15 is 0 Å². The molecule has 0 bridgehead atoms. The standard InChI is InChI=1S/C48H34N2/c1-4-13-35(14-5-1)37-23-28-42(29-24-37)49(44-20-12-17-39(33-44)36-15-6-2-7-16-36)43-30-25-38(26-31-43)40-27-32-48-46(34-40)45-21-10-11-22-47(45)50(48)41-18-8-3-9-19-41/h1-34H/i1D,2D,4D,5D,6D,7D,12D,13D,14D,15D,16D,17D,20D,23D,24D,25D,26D,28D,29D,30D,31D,33D. The van der Waals surface area contributed by atoms with Gasteiger partial charge in [-0.3, -0.25) is 0 Å². The second-order valence-corrected chi connectivity index (χ2v) is 10.9. The van der Waals surface area contributed by atoms with Crippen molar-refractivity contribution in [2.24, 2.45) is 0 Å². The molecule has 8 aromatic carbocycles. The van der Waals surface area contributed by atoms with E-state index < -0.39 is 172 Å². The number of hydrogen-bond acceptors (Lipinski definition) is 1. The maximum absolute atomic E-state index is 9.62. The summed E-state index contributed by atoms with van der Waals surface area (Å²) in [6.45, 7) is 0. The van der Waals surface area contributed by atoms with Crippen LogP contribution >= 0.6 is 0 Å². The molecule has 0 saturated carbocycles. The van der Waals surface area contributed by atoms with Gasteiger partial charge in [0, 0.05) is 33.5 Å². The molecule has 2 nitrogen and oxygen atoms in total. The van der Waals surface area contributed by atoms with Gasteiger partial charge in [-0.1, -0.05) is 139 Å². The Labute approximate surface area is 323 Å². The number of benzene rings is 8. The van der Waals surface area contributed by atoms with Gasteiger partial charge in [0.1, 0.15) is 0 Å². The monoisotopic (exact) mass is 660 g/mol. The van der Waals surface area contributed by atoms with Crippen molar-refractivity contribution in [1.29, 1.82) is 0 Å². The first-order valence-corrected chi connectivity index (χ1v) is 15.3. The number of para-hydroxylation sites is 2. The van der Waals surface area contributed by atoms with Gasteiger partial charge in [-0.25, -0.2) is 0 Å². The summed E-state index contributed by atoms with van der Waals surface area (Å²) in [6.07, 6.45) is 0. The summed E-state index contributed by atoms with van der Waals surface area (Å²) in [5.41, 5.74) is -3.65. The Hall–Kier alpha value is -6.64. The molecule has 236 valence electrons. The van der Waals surface area contributed by atoms with Crippen molar-refractivity contribution in [3.05, 3.63) is 206 Å². The Balaban J connectivity index is 1.39. The highest BCUT2D eigenvalue weighted by Gasteiger charge is 2.16. The Bertz CT molecular complexity index is 3740. The van der Waals surface area contributed by atoms with E-state index in [0.29, 0.717) is 10.3 Å². The minimum Gasteiger partial charge on any atom is -0.310 e. The maximum Gasteiger partial charge on any atom is 0.0651 e. The highest BCUT2D eigenvalue weighted by Crippen LogP contribution is 2.39. The largest absolute Gasteiger partial charge is 0.310 e. The molecular formula is C48H34N2. The zero-order chi connectivity index (χ0) is 52.4. The summed E-state index contributed by atoms with van der Waals surface area (Å²) in [7, 11) is 0. The van der Waals surface area contributed by atoms with Gasteiger partial charge in [0.15, 0.2) is 0 Å². The number of rotatable bonds is 7. The second kappa shape index (κ2) is 12.8. The molecule has 9 aromatic rings. The lowest BCUT2D eigenvalue weighted by Crippen LogP contribution is -2.10. The lowest BCUT2D eigenvalue weighted by atomic mass is 10.0. The lowest BCUT2D eigenvalue weighted by molar-refractivity contribution is 1.18. The fourth-order valence-electron chi connectivity index (χ4n) is 5.74. The summed E-state index contributed by atoms with van der Waals surface area (Å²) in [6, 6.07) is 1.29. The third-order valence-corrected chi connectivity index (χ3v) is 7.98. The van der Waals surface area contributed by atoms with Gasteiger partial charge in [-0.2, -0.15) is 0 Å². The molecule has 0 amide bonds. The van der Waals surface area contributed by atoms with Gasteiger partial charge < -0.3 is 9.47 Å². The van der Waals surface area contributed by atoms with E-state index in [-0.39, 0.29) is 11.1 Å². The molecular weight excluding hydrogens is 605 g/mol. The number of aromatic nitrogens is 1. The Morgan fingerprint density at radius 1 is 0.380 bits per heavy atom. The summed E-state index contributed by atoms with van der Waals surface area (Å²) in [5, 5.41) is 1.46. The van der Waals surface area contributed by atoms with Crippen molar-refractivity contribution in [2.75, 3.05) is 4.90 Å². The van der Waals surface area contributed by atoms with E-state index in [1.165, 1.54) is 0 Å². The van der Waals surface area contributed by atoms with Gasteiger partial charge in [0.25, 0.3) is 0 Å². The van der Waals surface area contributed by atoms with Crippen LogP contribution in [-0.4, -0.2) is 4.57 Å². The van der Waals surface area contributed by atoms with Crippen molar-refractivity contribution in [1.82, 2.24) is 4.57 Å². The second-order valence-electron chi connectivity index (χ2n) is 10.9. The van der Waals surface area contributed by atoms with Gasteiger partial charge >= 0.3 is 0 Å². The summed E-state index contributed by atoms with van der Waals surface area (Å²) in [5.74, 6) is 0. The van der Waals surface area contributed by atoms with Crippen LogP contribution in [0.4, 0.5) is 17.1 Å².